The van der Waals surface area contributed by atoms with Gasteiger partial charge in [-0.3, -0.25) is 4.55 Å². The molecule has 90 valence electrons. The van der Waals surface area contributed by atoms with Crippen LogP contribution in [0.15, 0.2) is 29.2 Å². The molecule has 1 aromatic rings. The molecule has 17 heavy (non-hydrogen) atoms. The minimum atomic E-state index is -4.05. The smallest absolute Gasteiger partial charge is 1.00 e. The Morgan fingerprint density at radius 1 is 1.06 bits per heavy atom. The number of benzene rings is 1. The van der Waals surface area contributed by atoms with Gasteiger partial charge >= 0.3 is 29.6 Å². The zero-order valence-electron chi connectivity index (χ0n) is 11.1. The second kappa shape index (κ2) is 6.34. The van der Waals surface area contributed by atoms with E-state index < -0.39 is 10.1 Å². The first-order chi connectivity index (χ1) is 7.57. The monoisotopic (exact) mass is 264 g/mol. The maximum atomic E-state index is 10.9. The zero-order chi connectivity index (χ0) is 11.6. The van der Waals surface area contributed by atoms with Crippen LogP contribution in [0.4, 0.5) is 0 Å². The van der Waals surface area contributed by atoms with E-state index in [4.69, 9.17) is 4.55 Å². The molecule has 0 saturated heterocycles. The second-order valence-corrected chi connectivity index (χ2v) is 5.80. The Labute approximate surface area is 126 Å². The van der Waals surface area contributed by atoms with E-state index in [0.29, 0.717) is 5.92 Å². The summed E-state index contributed by atoms with van der Waals surface area (Å²) in [4.78, 5) is -0.0212. The Balaban J connectivity index is 0.00000144. The van der Waals surface area contributed by atoms with E-state index in [9.17, 15) is 8.42 Å². The van der Waals surface area contributed by atoms with Crippen molar-refractivity contribution in [1.29, 1.82) is 0 Å². The third-order valence-corrected chi connectivity index (χ3v) is 4.12. The maximum Gasteiger partial charge on any atom is 1.00 e. The van der Waals surface area contributed by atoms with Crippen LogP contribution in [0, 0.1) is 0 Å². The minimum absolute atomic E-state index is 0. The van der Waals surface area contributed by atoms with Crippen molar-refractivity contribution in [2.45, 2.75) is 42.9 Å². The van der Waals surface area contributed by atoms with Crippen molar-refractivity contribution in [1.82, 2.24) is 0 Å². The van der Waals surface area contributed by atoms with Gasteiger partial charge in [0.25, 0.3) is 10.1 Å². The molecular weight excluding hydrogens is 247 g/mol. The first-order valence-electron chi connectivity index (χ1n) is 5.65. The Bertz CT molecular complexity index is 453. The summed E-state index contributed by atoms with van der Waals surface area (Å²) in [5.74, 6) is 0.559. The third kappa shape index (κ3) is 4.07. The molecule has 1 N–H and O–H groups in total. The first-order valence-corrected chi connectivity index (χ1v) is 7.09. The molecular formula is C12H17NaO3S. The van der Waals surface area contributed by atoms with Crippen LogP contribution in [-0.2, 0) is 10.1 Å². The SMILES string of the molecule is O=S(=O)(O)c1ccc(C2CCCCC2)cc1.[H-].[Na+]. The molecule has 0 atom stereocenters. The summed E-state index contributed by atoms with van der Waals surface area (Å²) in [7, 11) is -4.05. The van der Waals surface area contributed by atoms with Crippen LogP contribution in [0.2, 0.25) is 0 Å². The van der Waals surface area contributed by atoms with Crippen molar-refractivity contribution in [2.24, 2.45) is 0 Å². The van der Waals surface area contributed by atoms with Gasteiger partial charge in [-0.1, -0.05) is 31.4 Å². The molecule has 0 heterocycles. The third-order valence-electron chi connectivity index (χ3n) is 3.25. The van der Waals surface area contributed by atoms with Crippen molar-refractivity contribution in [3.8, 4) is 0 Å². The van der Waals surface area contributed by atoms with Gasteiger partial charge in [0, 0.05) is 0 Å². The van der Waals surface area contributed by atoms with E-state index in [1.807, 2.05) is 12.1 Å². The van der Waals surface area contributed by atoms with Gasteiger partial charge < -0.3 is 1.43 Å². The molecule has 1 aliphatic rings. The second-order valence-electron chi connectivity index (χ2n) is 4.38. The van der Waals surface area contributed by atoms with E-state index in [2.05, 4.69) is 0 Å². The number of hydrogen-bond donors (Lipinski definition) is 1. The van der Waals surface area contributed by atoms with Crippen LogP contribution in [0.1, 0.15) is 45.0 Å². The van der Waals surface area contributed by atoms with Crippen molar-refractivity contribution in [3.63, 3.8) is 0 Å². The Hall–Kier alpha value is 0.130. The van der Waals surface area contributed by atoms with Gasteiger partial charge in [0.1, 0.15) is 0 Å². The largest absolute Gasteiger partial charge is 1.00 e. The van der Waals surface area contributed by atoms with Gasteiger partial charge in [-0.15, -0.1) is 0 Å². The van der Waals surface area contributed by atoms with Crippen LogP contribution in [0.5, 0.6) is 0 Å². The summed E-state index contributed by atoms with van der Waals surface area (Å²) < 4.78 is 30.6. The van der Waals surface area contributed by atoms with Crippen LogP contribution in [0.3, 0.4) is 0 Å². The predicted octanol–water partition coefficient (Wildman–Crippen LogP) is 0.0975. The average Bonchev–Trinajstić information content (AvgIpc) is 2.29. The van der Waals surface area contributed by atoms with Gasteiger partial charge in [0.15, 0.2) is 0 Å². The van der Waals surface area contributed by atoms with E-state index >= 15 is 0 Å². The fourth-order valence-corrected chi connectivity index (χ4v) is 2.83. The standard InChI is InChI=1S/C12H16O3S.Na.H/c13-16(14,15)12-8-6-11(7-9-12)10-4-2-1-3-5-10;;/h6-10H,1-5H2,(H,13,14,15);;/q;+1;-1. The Morgan fingerprint density at radius 2 is 1.59 bits per heavy atom. The summed E-state index contributed by atoms with van der Waals surface area (Å²) in [6, 6.07) is 6.61. The minimum Gasteiger partial charge on any atom is -1.00 e. The van der Waals surface area contributed by atoms with Gasteiger partial charge in [-0.25, -0.2) is 0 Å². The molecule has 3 nitrogen and oxygen atoms in total. The number of hydrogen-bond acceptors (Lipinski definition) is 2. The van der Waals surface area contributed by atoms with Gasteiger partial charge in [0.05, 0.1) is 4.90 Å². The van der Waals surface area contributed by atoms with Crippen molar-refractivity contribution < 1.29 is 44.0 Å². The fraction of sp³-hybridized carbons (Fsp3) is 0.500. The fourth-order valence-electron chi connectivity index (χ4n) is 2.35. The molecule has 1 fully saturated rings. The molecule has 2 rings (SSSR count). The Morgan fingerprint density at radius 3 is 2.06 bits per heavy atom. The quantitative estimate of drug-likeness (QED) is 0.609. The maximum absolute atomic E-state index is 10.9. The normalized spacial score (nSPS) is 17.5. The molecule has 0 bridgehead atoms. The van der Waals surface area contributed by atoms with Crippen LogP contribution in [0.25, 0.3) is 0 Å². The van der Waals surface area contributed by atoms with Crippen molar-refractivity contribution in [3.05, 3.63) is 29.8 Å². The van der Waals surface area contributed by atoms with E-state index in [0.717, 1.165) is 0 Å². The van der Waals surface area contributed by atoms with Crippen molar-refractivity contribution in [2.75, 3.05) is 0 Å². The molecule has 0 aliphatic heterocycles. The molecule has 1 saturated carbocycles. The molecule has 0 aromatic heterocycles. The molecule has 0 amide bonds. The summed E-state index contributed by atoms with van der Waals surface area (Å²) in [6.07, 6.45) is 6.19. The van der Waals surface area contributed by atoms with Crippen molar-refractivity contribution >= 4 is 10.1 Å². The predicted molar refractivity (Wildman–Crippen MR) is 63.2 cm³/mol. The summed E-state index contributed by atoms with van der Waals surface area (Å²) in [5, 5.41) is 0. The van der Waals surface area contributed by atoms with Crippen LogP contribution >= 0.6 is 0 Å². The molecule has 0 radical (unpaired) electrons. The molecule has 1 aromatic carbocycles. The summed E-state index contributed by atoms with van der Waals surface area (Å²) in [6.45, 7) is 0. The average molecular weight is 264 g/mol. The van der Waals surface area contributed by atoms with E-state index in [1.54, 1.807) is 0 Å². The van der Waals surface area contributed by atoms with Crippen LogP contribution < -0.4 is 29.6 Å². The topological polar surface area (TPSA) is 54.4 Å². The molecule has 0 unspecified atom stereocenters. The van der Waals surface area contributed by atoms with Gasteiger partial charge in [-0.2, -0.15) is 8.42 Å². The summed E-state index contributed by atoms with van der Waals surface area (Å²) >= 11 is 0. The van der Waals surface area contributed by atoms with Gasteiger partial charge in [0.2, 0.25) is 0 Å². The first kappa shape index (κ1) is 15.2. The Kier molecular flexibility index (Phi) is 5.67. The zero-order valence-corrected chi connectivity index (χ0v) is 12.9. The van der Waals surface area contributed by atoms with E-state index in [-0.39, 0.29) is 35.9 Å². The van der Waals surface area contributed by atoms with Crippen LogP contribution in [-0.4, -0.2) is 13.0 Å². The van der Waals surface area contributed by atoms with E-state index in [1.165, 1.54) is 49.8 Å². The van der Waals surface area contributed by atoms with Gasteiger partial charge in [-0.05, 0) is 36.5 Å². The summed E-state index contributed by atoms with van der Waals surface area (Å²) in [5.41, 5.74) is 1.19. The molecule has 0 spiro atoms. The number of rotatable bonds is 2. The molecule has 1 aliphatic carbocycles. The molecule has 5 heteroatoms.